The van der Waals surface area contributed by atoms with E-state index in [1.165, 1.54) is 0 Å². The summed E-state index contributed by atoms with van der Waals surface area (Å²) < 4.78 is 10.3. The van der Waals surface area contributed by atoms with Crippen LogP contribution in [0.25, 0.3) is 0 Å². The quantitative estimate of drug-likeness (QED) is 0.684. The number of hydrogen-bond donors (Lipinski definition) is 2. The first-order chi connectivity index (χ1) is 10.5. The van der Waals surface area contributed by atoms with E-state index in [0.717, 1.165) is 5.56 Å². The van der Waals surface area contributed by atoms with Crippen LogP contribution in [0.1, 0.15) is 25.8 Å². The minimum atomic E-state index is -1.11. The van der Waals surface area contributed by atoms with Crippen molar-refractivity contribution in [3.63, 3.8) is 0 Å². The molecule has 0 aliphatic heterocycles. The standard InChI is InChI=1S/C16H23NO5/c1-12(2)10-21-9-8-14(15(18)19)17-16(20)22-11-13-6-4-3-5-7-13/h3-7,12,14H,8-11H2,1-2H3,(H,17,20)(H,18,19). The van der Waals surface area contributed by atoms with Crippen LogP contribution in [0.3, 0.4) is 0 Å². The van der Waals surface area contributed by atoms with E-state index >= 15 is 0 Å². The maximum absolute atomic E-state index is 11.6. The Morgan fingerprint density at radius 3 is 2.50 bits per heavy atom. The van der Waals surface area contributed by atoms with Crippen molar-refractivity contribution in [2.75, 3.05) is 13.2 Å². The number of amides is 1. The molecule has 0 spiro atoms. The van der Waals surface area contributed by atoms with Crippen molar-refractivity contribution >= 4 is 12.1 Å². The second-order valence-corrected chi connectivity index (χ2v) is 5.35. The Morgan fingerprint density at radius 2 is 1.91 bits per heavy atom. The van der Waals surface area contributed by atoms with Gasteiger partial charge in [0.1, 0.15) is 12.6 Å². The zero-order valence-electron chi connectivity index (χ0n) is 13.0. The third-order valence-corrected chi connectivity index (χ3v) is 2.80. The molecule has 2 N–H and O–H groups in total. The lowest BCUT2D eigenvalue weighted by molar-refractivity contribution is -0.139. The first kappa shape index (κ1) is 18.0. The van der Waals surface area contributed by atoms with Gasteiger partial charge in [0.2, 0.25) is 0 Å². The number of aliphatic carboxylic acids is 1. The third kappa shape index (κ3) is 7.64. The molecule has 1 amide bonds. The number of rotatable bonds is 9. The molecule has 122 valence electrons. The van der Waals surface area contributed by atoms with E-state index in [4.69, 9.17) is 14.6 Å². The SMILES string of the molecule is CC(C)COCCC(NC(=O)OCc1ccccc1)C(=O)O. The molecule has 0 saturated carbocycles. The van der Waals surface area contributed by atoms with Crippen LogP contribution >= 0.6 is 0 Å². The van der Waals surface area contributed by atoms with Crippen LogP contribution in [-0.2, 0) is 20.9 Å². The predicted octanol–water partition coefficient (Wildman–Crippen LogP) is 2.43. The summed E-state index contributed by atoms with van der Waals surface area (Å²) >= 11 is 0. The zero-order chi connectivity index (χ0) is 16.4. The number of nitrogens with one attached hydrogen (secondary N) is 1. The molecule has 1 rings (SSSR count). The average Bonchev–Trinajstić information content (AvgIpc) is 2.48. The largest absolute Gasteiger partial charge is 0.480 e. The number of alkyl carbamates (subject to hydrolysis) is 1. The van der Waals surface area contributed by atoms with Crippen LogP contribution in [0.5, 0.6) is 0 Å². The molecule has 6 heteroatoms. The van der Waals surface area contributed by atoms with Gasteiger partial charge in [-0.05, 0) is 11.5 Å². The molecule has 0 heterocycles. The van der Waals surface area contributed by atoms with E-state index in [9.17, 15) is 9.59 Å². The van der Waals surface area contributed by atoms with Gasteiger partial charge >= 0.3 is 12.1 Å². The molecule has 0 aliphatic rings. The lowest BCUT2D eigenvalue weighted by atomic mass is 10.2. The maximum atomic E-state index is 11.6. The second kappa shape index (κ2) is 9.78. The number of hydrogen-bond acceptors (Lipinski definition) is 4. The molecular formula is C16H23NO5. The summed E-state index contributed by atoms with van der Waals surface area (Å²) in [6.45, 7) is 4.95. The molecule has 0 saturated heterocycles. The van der Waals surface area contributed by atoms with Crippen molar-refractivity contribution in [2.45, 2.75) is 32.9 Å². The molecule has 1 atom stereocenters. The topological polar surface area (TPSA) is 84.9 Å². The molecular weight excluding hydrogens is 286 g/mol. The maximum Gasteiger partial charge on any atom is 0.408 e. The molecule has 0 aliphatic carbocycles. The van der Waals surface area contributed by atoms with Crippen molar-refractivity contribution in [1.82, 2.24) is 5.32 Å². The first-order valence-corrected chi connectivity index (χ1v) is 7.26. The fraction of sp³-hybridized carbons (Fsp3) is 0.500. The van der Waals surface area contributed by atoms with Crippen LogP contribution in [0.2, 0.25) is 0 Å². The van der Waals surface area contributed by atoms with E-state index in [1.807, 2.05) is 44.2 Å². The monoisotopic (exact) mass is 309 g/mol. The predicted molar refractivity (Wildman–Crippen MR) is 81.5 cm³/mol. The lowest BCUT2D eigenvalue weighted by Crippen LogP contribution is -2.41. The zero-order valence-corrected chi connectivity index (χ0v) is 13.0. The fourth-order valence-electron chi connectivity index (χ4n) is 1.68. The van der Waals surface area contributed by atoms with Gasteiger partial charge in [-0.15, -0.1) is 0 Å². The van der Waals surface area contributed by atoms with Crippen LogP contribution in [-0.4, -0.2) is 36.4 Å². The average molecular weight is 309 g/mol. The molecule has 1 aromatic rings. The highest BCUT2D eigenvalue weighted by atomic mass is 16.5. The van der Waals surface area contributed by atoms with Crippen molar-refractivity contribution in [2.24, 2.45) is 5.92 Å². The van der Waals surface area contributed by atoms with Gasteiger partial charge in [-0.3, -0.25) is 0 Å². The number of ether oxygens (including phenoxy) is 2. The number of carboxylic acids is 1. The van der Waals surface area contributed by atoms with E-state index < -0.39 is 18.1 Å². The summed E-state index contributed by atoms with van der Waals surface area (Å²) in [5.41, 5.74) is 0.838. The highest BCUT2D eigenvalue weighted by Crippen LogP contribution is 2.02. The van der Waals surface area contributed by atoms with Crippen molar-refractivity contribution in [3.8, 4) is 0 Å². The van der Waals surface area contributed by atoms with Gasteiger partial charge in [-0.1, -0.05) is 44.2 Å². The molecule has 0 aromatic heterocycles. The van der Waals surface area contributed by atoms with Gasteiger partial charge in [0.05, 0.1) is 0 Å². The van der Waals surface area contributed by atoms with Crippen LogP contribution in [0.4, 0.5) is 4.79 Å². The summed E-state index contributed by atoms with van der Waals surface area (Å²) in [5, 5.41) is 11.4. The molecule has 0 fully saturated rings. The van der Waals surface area contributed by atoms with E-state index in [2.05, 4.69) is 5.32 Å². The highest BCUT2D eigenvalue weighted by Gasteiger charge is 2.20. The van der Waals surface area contributed by atoms with Gasteiger partial charge in [0.25, 0.3) is 0 Å². The Labute approximate surface area is 130 Å². The molecule has 1 unspecified atom stereocenters. The van der Waals surface area contributed by atoms with Crippen LogP contribution in [0.15, 0.2) is 30.3 Å². The summed E-state index contributed by atoms with van der Waals surface area (Å²) in [5.74, 6) is -0.725. The van der Waals surface area contributed by atoms with Gasteiger partial charge in [-0.25, -0.2) is 9.59 Å². The number of carboxylic acid groups (broad SMARTS) is 1. The van der Waals surface area contributed by atoms with Crippen molar-refractivity contribution < 1.29 is 24.2 Å². The number of carbonyl (C=O) groups excluding carboxylic acids is 1. The molecule has 1 aromatic carbocycles. The molecule has 6 nitrogen and oxygen atoms in total. The Bertz CT molecular complexity index is 461. The van der Waals surface area contributed by atoms with Gasteiger partial charge in [-0.2, -0.15) is 0 Å². The van der Waals surface area contributed by atoms with Crippen molar-refractivity contribution in [1.29, 1.82) is 0 Å². The Morgan fingerprint density at radius 1 is 1.23 bits per heavy atom. The van der Waals surface area contributed by atoms with Gasteiger partial charge < -0.3 is 19.9 Å². The lowest BCUT2D eigenvalue weighted by Gasteiger charge is -2.15. The molecule has 0 bridgehead atoms. The summed E-state index contributed by atoms with van der Waals surface area (Å²) in [6, 6.07) is 8.16. The highest BCUT2D eigenvalue weighted by molar-refractivity contribution is 5.79. The molecule has 0 radical (unpaired) electrons. The fourth-order valence-corrected chi connectivity index (χ4v) is 1.68. The normalized spacial score (nSPS) is 12.0. The van der Waals surface area contributed by atoms with Crippen molar-refractivity contribution in [3.05, 3.63) is 35.9 Å². The number of carbonyl (C=O) groups is 2. The number of benzene rings is 1. The van der Waals surface area contributed by atoms with Gasteiger partial charge in [0.15, 0.2) is 0 Å². The van der Waals surface area contributed by atoms with Crippen LogP contribution < -0.4 is 5.32 Å². The summed E-state index contributed by atoms with van der Waals surface area (Å²) in [7, 11) is 0. The third-order valence-electron chi connectivity index (χ3n) is 2.80. The Hall–Kier alpha value is -2.08. The minimum Gasteiger partial charge on any atom is -0.480 e. The Kier molecular flexibility index (Phi) is 7.99. The minimum absolute atomic E-state index is 0.100. The van der Waals surface area contributed by atoms with E-state index in [-0.39, 0.29) is 19.6 Å². The first-order valence-electron chi connectivity index (χ1n) is 7.26. The van der Waals surface area contributed by atoms with E-state index in [0.29, 0.717) is 12.5 Å². The van der Waals surface area contributed by atoms with Crippen LogP contribution in [0, 0.1) is 5.92 Å². The van der Waals surface area contributed by atoms with Gasteiger partial charge in [0, 0.05) is 19.6 Å². The van der Waals surface area contributed by atoms with E-state index in [1.54, 1.807) is 0 Å². The molecule has 22 heavy (non-hydrogen) atoms. The second-order valence-electron chi connectivity index (χ2n) is 5.35. The summed E-state index contributed by atoms with van der Waals surface area (Å²) in [6.07, 6.45) is -0.553. The Balaban J connectivity index is 2.32. The smallest absolute Gasteiger partial charge is 0.408 e. The summed E-state index contributed by atoms with van der Waals surface area (Å²) in [4.78, 5) is 22.7.